The molecule has 2 aromatic heterocycles. The van der Waals surface area contributed by atoms with Gasteiger partial charge in [-0.3, -0.25) is 9.69 Å². The molecule has 0 saturated carbocycles. The highest BCUT2D eigenvalue weighted by atomic mass is 35.5. The van der Waals surface area contributed by atoms with E-state index in [2.05, 4.69) is 18.8 Å². The van der Waals surface area contributed by atoms with Crippen LogP contribution in [0.5, 0.6) is 0 Å². The largest absolute Gasteiger partial charge is 0.391 e. The number of amides is 1. The molecule has 4 rings (SSSR count). The highest BCUT2D eigenvalue weighted by Crippen LogP contribution is 2.45. The van der Waals surface area contributed by atoms with E-state index in [0.717, 1.165) is 24.1 Å². The first kappa shape index (κ1) is 16.1. The Kier molecular flexibility index (Phi) is 3.71. The lowest BCUT2D eigenvalue weighted by Gasteiger charge is -2.28. The van der Waals surface area contributed by atoms with E-state index in [4.69, 9.17) is 11.6 Å². The molecule has 1 aliphatic heterocycles. The number of aliphatic hydroxyl groups excluding tert-OH is 1. The summed E-state index contributed by atoms with van der Waals surface area (Å²) in [5.74, 6) is 0.465. The van der Waals surface area contributed by atoms with Crippen LogP contribution in [0, 0.1) is 5.41 Å². The fourth-order valence-electron chi connectivity index (χ4n) is 3.80. The van der Waals surface area contributed by atoms with Crippen molar-refractivity contribution in [2.75, 3.05) is 11.4 Å². The maximum atomic E-state index is 13.0. The molecule has 6 heteroatoms. The maximum Gasteiger partial charge on any atom is 0.269 e. The minimum Gasteiger partial charge on any atom is -0.391 e. The molecule has 24 heavy (non-hydrogen) atoms. The summed E-state index contributed by atoms with van der Waals surface area (Å²) in [7, 11) is 0. The lowest BCUT2D eigenvalue weighted by molar-refractivity contribution is 0.0983. The van der Waals surface area contributed by atoms with Crippen LogP contribution in [-0.4, -0.2) is 22.5 Å². The molecule has 2 aromatic rings. The molecule has 0 unspecified atom stereocenters. The monoisotopic (exact) mass is 362 g/mol. The summed E-state index contributed by atoms with van der Waals surface area (Å²) in [6.07, 6.45) is 4.52. The Balaban J connectivity index is 1.73. The molecule has 0 spiro atoms. The van der Waals surface area contributed by atoms with Gasteiger partial charge in [0.1, 0.15) is 5.82 Å². The zero-order valence-electron chi connectivity index (χ0n) is 13.7. The summed E-state index contributed by atoms with van der Waals surface area (Å²) >= 11 is 7.79. The van der Waals surface area contributed by atoms with Crippen LogP contribution >= 0.6 is 22.9 Å². The minimum absolute atomic E-state index is 0.0158. The third kappa shape index (κ3) is 2.38. The van der Waals surface area contributed by atoms with E-state index in [1.165, 1.54) is 16.0 Å². The minimum atomic E-state index is -0.228. The van der Waals surface area contributed by atoms with Crippen molar-refractivity contribution < 1.29 is 9.90 Å². The number of carbonyl (C=O) groups excluding carboxylic acids is 1. The average molecular weight is 363 g/mol. The number of thiophene rings is 1. The molecule has 1 N–H and O–H groups in total. The van der Waals surface area contributed by atoms with Crippen molar-refractivity contribution in [3.05, 3.63) is 43.7 Å². The summed E-state index contributed by atoms with van der Waals surface area (Å²) < 4.78 is 0. The second kappa shape index (κ2) is 5.55. The van der Waals surface area contributed by atoms with E-state index in [9.17, 15) is 9.90 Å². The summed E-state index contributed by atoms with van der Waals surface area (Å²) in [4.78, 5) is 21.2. The predicted molar refractivity (Wildman–Crippen MR) is 96.1 cm³/mol. The molecule has 0 aromatic carbocycles. The Labute approximate surface area is 150 Å². The van der Waals surface area contributed by atoms with Crippen molar-refractivity contribution in [3.63, 3.8) is 0 Å². The molecule has 0 radical (unpaired) electrons. The topological polar surface area (TPSA) is 53.4 Å². The van der Waals surface area contributed by atoms with Gasteiger partial charge in [-0.15, -0.1) is 11.3 Å². The van der Waals surface area contributed by atoms with Crippen molar-refractivity contribution in [1.82, 2.24) is 4.98 Å². The first-order valence-electron chi connectivity index (χ1n) is 8.11. The third-order valence-corrected chi connectivity index (χ3v) is 6.53. The van der Waals surface area contributed by atoms with Gasteiger partial charge in [0.25, 0.3) is 5.91 Å². The zero-order chi connectivity index (χ0) is 17.1. The molecule has 0 saturated heterocycles. The Hall–Kier alpha value is -1.43. The van der Waals surface area contributed by atoms with Crippen LogP contribution in [0.25, 0.3) is 0 Å². The number of hydrogen-bond acceptors (Lipinski definition) is 4. The Morgan fingerprint density at radius 1 is 1.38 bits per heavy atom. The number of halogens is 1. The van der Waals surface area contributed by atoms with E-state index >= 15 is 0 Å². The average Bonchev–Trinajstić information content (AvgIpc) is 3.00. The highest BCUT2D eigenvalue weighted by Gasteiger charge is 2.38. The Bertz CT molecular complexity index is 844. The number of anilines is 1. The fourth-order valence-corrected chi connectivity index (χ4v) is 5.57. The highest BCUT2D eigenvalue weighted by molar-refractivity contribution is 7.14. The van der Waals surface area contributed by atoms with Crippen molar-refractivity contribution in [2.45, 2.75) is 39.7 Å². The molecule has 1 aliphatic carbocycles. The summed E-state index contributed by atoms with van der Waals surface area (Å²) in [6, 6.07) is 1.64. The first-order valence-corrected chi connectivity index (χ1v) is 9.30. The normalized spacial score (nSPS) is 18.7. The molecule has 0 atom stereocenters. The van der Waals surface area contributed by atoms with Gasteiger partial charge in [0.05, 0.1) is 16.5 Å². The molecule has 0 fully saturated rings. The van der Waals surface area contributed by atoms with Crippen LogP contribution in [0.4, 0.5) is 5.82 Å². The number of aromatic nitrogens is 1. The summed E-state index contributed by atoms with van der Waals surface area (Å²) in [5.41, 5.74) is 3.44. The smallest absolute Gasteiger partial charge is 0.269 e. The standard InChI is InChI=1S/C18H19ClN2O2S/c1-18(2)7-11-10-4-6-21(17(23)15(10)24-14(11)8-18)16-12(9-22)13(19)3-5-20-16/h3,5,22H,4,6-9H2,1-2H3. The third-order valence-electron chi connectivity index (χ3n) is 4.91. The van der Waals surface area contributed by atoms with Gasteiger partial charge in [0, 0.05) is 23.2 Å². The van der Waals surface area contributed by atoms with Gasteiger partial charge < -0.3 is 5.11 Å². The van der Waals surface area contributed by atoms with Gasteiger partial charge in [0.15, 0.2) is 0 Å². The zero-order valence-corrected chi connectivity index (χ0v) is 15.3. The number of rotatable bonds is 2. The van der Waals surface area contributed by atoms with Gasteiger partial charge in [-0.1, -0.05) is 25.4 Å². The Morgan fingerprint density at radius 2 is 2.17 bits per heavy atom. The number of aliphatic hydroxyl groups is 1. The van der Waals surface area contributed by atoms with Crippen LogP contribution in [-0.2, 0) is 25.9 Å². The molecule has 126 valence electrons. The predicted octanol–water partition coefficient (Wildman–Crippen LogP) is 3.62. The lowest BCUT2D eigenvalue weighted by atomic mass is 9.89. The first-order chi connectivity index (χ1) is 11.4. The molecule has 0 bridgehead atoms. The quantitative estimate of drug-likeness (QED) is 0.887. The van der Waals surface area contributed by atoms with E-state index in [0.29, 0.717) is 28.4 Å². The van der Waals surface area contributed by atoms with Gasteiger partial charge in [0.2, 0.25) is 0 Å². The fraction of sp³-hybridized carbons (Fsp3) is 0.444. The van der Waals surface area contributed by atoms with Crippen molar-refractivity contribution in [1.29, 1.82) is 0 Å². The summed E-state index contributed by atoms with van der Waals surface area (Å²) in [5, 5.41) is 10.0. The molecular formula is C18H19ClN2O2S. The molecule has 4 nitrogen and oxygen atoms in total. The van der Waals surface area contributed by atoms with Crippen LogP contribution in [0.3, 0.4) is 0 Å². The van der Waals surface area contributed by atoms with Crippen LogP contribution in [0.2, 0.25) is 5.02 Å². The van der Waals surface area contributed by atoms with Gasteiger partial charge in [-0.2, -0.15) is 0 Å². The van der Waals surface area contributed by atoms with Crippen molar-refractivity contribution >= 4 is 34.7 Å². The van der Waals surface area contributed by atoms with Crippen molar-refractivity contribution in [2.24, 2.45) is 5.41 Å². The molecule has 2 aliphatic rings. The molecule has 1 amide bonds. The molecular weight excluding hydrogens is 344 g/mol. The van der Waals surface area contributed by atoms with Gasteiger partial charge in [-0.25, -0.2) is 4.98 Å². The SMILES string of the molecule is CC1(C)Cc2sc3c(c2C1)CCN(c1nccc(Cl)c1CO)C3=O. The molecule has 3 heterocycles. The second-order valence-electron chi connectivity index (χ2n) is 7.29. The van der Waals surface area contributed by atoms with E-state index in [1.807, 2.05) is 0 Å². The van der Waals surface area contributed by atoms with Crippen LogP contribution in [0.1, 0.15) is 45.1 Å². The van der Waals surface area contributed by atoms with Gasteiger partial charge in [-0.05, 0) is 41.9 Å². The van der Waals surface area contributed by atoms with Crippen LogP contribution < -0.4 is 4.90 Å². The maximum absolute atomic E-state index is 13.0. The number of nitrogens with zero attached hydrogens (tertiary/aromatic N) is 2. The van der Waals surface area contributed by atoms with Crippen molar-refractivity contribution in [3.8, 4) is 0 Å². The van der Waals surface area contributed by atoms with Gasteiger partial charge >= 0.3 is 0 Å². The summed E-state index contributed by atoms with van der Waals surface area (Å²) in [6.45, 7) is 4.92. The van der Waals surface area contributed by atoms with Crippen LogP contribution in [0.15, 0.2) is 12.3 Å². The number of pyridine rings is 1. The van der Waals surface area contributed by atoms with E-state index < -0.39 is 0 Å². The Morgan fingerprint density at radius 3 is 2.92 bits per heavy atom. The second-order valence-corrected chi connectivity index (χ2v) is 8.80. The number of fused-ring (bicyclic) bond motifs is 3. The lowest BCUT2D eigenvalue weighted by Crippen LogP contribution is -2.38. The number of hydrogen-bond donors (Lipinski definition) is 1. The van der Waals surface area contributed by atoms with E-state index in [1.54, 1.807) is 28.5 Å². The number of carbonyl (C=O) groups is 1. The van der Waals surface area contributed by atoms with E-state index in [-0.39, 0.29) is 12.5 Å².